The molecule has 0 saturated carbocycles. The summed E-state index contributed by atoms with van der Waals surface area (Å²) < 4.78 is 89.7. The Morgan fingerprint density at radius 1 is 0.769 bits per heavy atom. The van der Waals surface area contributed by atoms with E-state index in [-0.39, 0.29) is 36.1 Å². The fourth-order valence-corrected chi connectivity index (χ4v) is 4.45. The second-order valence-corrected chi connectivity index (χ2v) is 14.4. The van der Waals surface area contributed by atoms with Crippen LogP contribution in [0.3, 0.4) is 0 Å². The molecule has 0 unspecified atom stereocenters. The van der Waals surface area contributed by atoms with E-state index in [0.717, 1.165) is 0 Å². The van der Waals surface area contributed by atoms with E-state index in [1.54, 1.807) is 0 Å². The van der Waals surface area contributed by atoms with Gasteiger partial charge in [0.2, 0.25) is 0 Å². The van der Waals surface area contributed by atoms with Crippen LogP contribution in [0.4, 0.5) is 0 Å². The van der Waals surface area contributed by atoms with Crippen LogP contribution in [0.15, 0.2) is 36.0 Å². The van der Waals surface area contributed by atoms with Gasteiger partial charge in [-0.1, -0.05) is 19.7 Å². The Bertz CT molecular complexity index is 790. The van der Waals surface area contributed by atoms with Crippen LogP contribution in [-0.2, 0) is 40.2 Å². The van der Waals surface area contributed by atoms with Gasteiger partial charge in [-0.15, -0.1) is 24.0 Å². The molecule has 0 aliphatic rings. The van der Waals surface area contributed by atoms with Gasteiger partial charge in [-0.2, -0.15) is 0 Å². The minimum absolute atomic E-state index is 0. The molecule has 160 valence electrons. The first-order valence-corrected chi connectivity index (χ1v) is 18.8. The molecule has 0 radical (unpaired) electrons. The first-order chi connectivity index (χ1) is 10.7. The number of hydrogen-bond donors (Lipinski definition) is 0. The SMILES string of the molecule is C=CS(=O)(=O)S(=O)(=O)C=C.C=CS(=O)(=O)S(=O)(=O)CCOC.I.II.[OH-]. The summed E-state index contributed by atoms with van der Waals surface area (Å²) in [6.45, 7) is 8.42. The number of rotatable bonds is 8. The van der Waals surface area contributed by atoms with Crippen LogP contribution < -0.4 is 0 Å². The van der Waals surface area contributed by atoms with Gasteiger partial charge in [0.25, 0.3) is 35.5 Å². The van der Waals surface area contributed by atoms with Crippen LogP contribution in [0.5, 0.6) is 0 Å². The Kier molecular flexibility index (Phi) is 24.8. The van der Waals surface area contributed by atoms with Gasteiger partial charge in [0, 0.05) is 60.6 Å². The summed E-state index contributed by atoms with van der Waals surface area (Å²) in [5.74, 6) is -0.544. The largest absolute Gasteiger partial charge is 0.870 e. The Morgan fingerprint density at radius 3 is 1.23 bits per heavy atom. The average molecular weight is 795 g/mol. The van der Waals surface area contributed by atoms with E-state index in [0.29, 0.717) is 16.2 Å². The molecule has 0 saturated heterocycles. The molecule has 26 heavy (non-hydrogen) atoms. The first kappa shape index (κ1) is 37.8. The summed E-state index contributed by atoms with van der Waals surface area (Å²) in [5.41, 5.74) is 0. The minimum atomic E-state index is -4.23. The van der Waals surface area contributed by atoms with Gasteiger partial charge >= 0.3 is 0 Å². The molecular weight excluding hydrogens is 777 g/mol. The highest BCUT2D eigenvalue weighted by molar-refractivity contribution is 15.0. The summed E-state index contributed by atoms with van der Waals surface area (Å²) in [5, 5.41) is 1.14. The Hall–Kier alpha value is 1.13. The van der Waals surface area contributed by atoms with Crippen LogP contribution in [0, 0.1) is 0 Å². The first-order valence-electron chi connectivity index (χ1n) is 5.23. The molecule has 0 fully saturated rings. The third-order valence-corrected chi connectivity index (χ3v) is 10.9. The van der Waals surface area contributed by atoms with Gasteiger partial charge in [0.15, 0.2) is 0 Å². The lowest BCUT2D eigenvalue weighted by Gasteiger charge is -1.99. The topological polar surface area (TPSA) is 176 Å². The molecule has 10 nitrogen and oxygen atoms in total. The third kappa shape index (κ3) is 13.3. The van der Waals surface area contributed by atoms with Crippen molar-refractivity contribution in [3.63, 3.8) is 0 Å². The van der Waals surface area contributed by atoms with Gasteiger partial charge in [0.05, 0.1) is 12.4 Å². The minimum Gasteiger partial charge on any atom is -0.870 e. The molecule has 0 spiro atoms. The predicted molar refractivity (Wildman–Crippen MR) is 128 cm³/mol. The van der Waals surface area contributed by atoms with E-state index in [1.165, 1.54) is 7.11 Å². The van der Waals surface area contributed by atoms with Crippen molar-refractivity contribution in [2.45, 2.75) is 0 Å². The van der Waals surface area contributed by atoms with E-state index < -0.39 is 41.2 Å². The van der Waals surface area contributed by atoms with Crippen LogP contribution >= 0.6 is 61.2 Å². The molecule has 17 heteroatoms. The van der Waals surface area contributed by atoms with Gasteiger partial charge < -0.3 is 10.2 Å². The molecule has 0 rings (SSSR count). The highest BCUT2D eigenvalue weighted by atomic mass is 128. The second kappa shape index (κ2) is 17.0. The van der Waals surface area contributed by atoms with Crippen molar-refractivity contribution in [2.75, 3.05) is 19.5 Å². The lowest BCUT2D eigenvalue weighted by atomic mass is 10.9. The number of halogens is 3. The molecule has 0 aromatic heterocycles. The Morgan fingerprint density at radius 2 is 1.04 bits per heavy atom. The standard InChI is InChI=1S/C5H10O5S2.C4H6O4S2.I2.HI.H2O/c1-3-11(6,7)12(8,9)5-4-10-2;1-3-9(5,6)10(7,8)4-2;1-2;;/h3H,1,4-5H2,2H3;3-4H,1-2H2;;1H;1H2/p-1. The van der Waals surface area contributed by atoms with Gasteiger partial charge in [-0.05, 0) is 0 Å². The van der Waals surface area contributed by atoms with E-state index >= 15 is 0 Å². The van der Waals surface area contributed by atoms with Crippen LogP contribution in [-0.4, -0.2) is 58.6 Å². The summed E-state index contributed by atoms with van der Waals surface area (Å²) >= 11 is 4.24. The van der Waals surface area contributed by atoms with Crippen LogP contribution in [0.25, 0.3) is 0 Å². The third-order valence-electron chi connectivity index (χ3n) is 1.83. The zero-order chi connectivity index (χ0) is 20.2. The molecule has 0 amide bonds. The quantitative estimate of drug-likeness (QED) is 0.260. The highest BCUT2D eigenvalue weighted by Crippen LogP contribution is 2.05. The molecule has 0 atom stereocenters. The van der Waals surface area contributed by atoms with Gasteiger partial charge in [-0.3, -0.25) is 0 Å². The summed E-state index contributed by atoms with van der Waals surface area (Å²) in [4.78, 5) is 0. The molecule has 0 aromatic rings. The molecule has 1 N–H and O–H groups in total. The second-order valence-electron chi connectivity index (χ2n) is 3.23. The summed E-state index contributed by atoms with van der Waals surface area (Å²) in [6, 6.07) is 0. The summed E-state index contributed by atoms with van der Waals surface area (Å²) in [6.07, 6.45) is 0. The molecule has 0 bridgehead atoms. The average Bonchev–Trinajstić information content (AvgIpc) is 2.54. The van der Waals surface area contributed by atoms with Crippen molar-refractivity contribution in [3.8, 4) is 0 Å². The van der Waals surface area contributed by atoms with Crippen LogP contribution in [0.2, 0.25) is 0 Å². The van der Waals surface area contributed by atoms with Crippen molar-refractivity contribution in [3.05, 3.63) is 36.0 Å². The van der Waals surface area contributed by atoms with Crippen LogP contribution in [0.1, 0.15) is 0 Å². The number of ether oxygens (including phenoxy) is 1. The number of methoxy groups -OCH3 is 1. The lowest BCUT2D eigenvalue weighted by Crippen LogP contribution is -2.19. The zero-order valence-corrected chi connectivity index (χ0v) is 23.1. The Balaban J connectivity index is -0.0000000973. The number of hydrogen-bond acceptors (Lipinski definition) is 10. The fraction of sp³-hybridized carbons (Fsp3) is 0.333. The lowest BCUT2D eigenvalue weighted by molar-refractivity contribution is 0.217. The van der Waals surface area contributed by atoms with E-state index in [2.05, 4.69) is 61.7 Å². The normalized spacial score (nSPS) is 10.9. The maximum atomic E-state index is 10.9. The monoisotopic (exact) mass is 795 g/mol. The van der Waals surface area contributed by atoms with Crippen molar-refractivity contribution in [1.29, 1.82) is 0 Å². The maximum absolute atomic E-state index is 10.9. The van der Waals surface area contributed by atoms with Gasteiger partial charge in [-0.25, -0.2) is 33.7 Å². The zero-order valence-electron chi connectivity index (χ0n) is 13.2. The van der Waals surface area contributed by atoms with Gasteiger partial charge in [0.1, 0.15) is 0 Å². The van der Waals surface area contributed by atoms with E-state index in [4.69, 9.17) is 0 Å². The van der Waals surface area contributed by atoms with Crippen molar-refractivity contribution in [2.24, 2.45) is 0 Å². The van der Waals surface area contributed by atoms with Crippen molar-refractivity contribution >= 4 is 96.7 Å². The maximum Gasteiger partial charge on any atom is 0.278 e. The molecule has 0 aliphatic carbocycles. The van der Waals surface area contributed by atoms with Crippen molar-refractivity contribution in [1.82, 2.24) is 0 Å². The predicted octanol–water partition coefficient (Wildman–Crippen LogP) is 1.75. The van der Waals surface area contributed by atoms with E-state index in [1.807, 2.05) is 0 Å². The van der Waals surface area contributed by atoms with Crippen molar-refractivity contribution < 1.29 is 43.9 Å². The smallest absolute Gasteiger partial charge is 0.278 e. The molecule has 0 heterocycles. The highest BCUT2D eigenvalue weighted by Gasteiger charge is 2.25. The van der Waals surface area contributed by atoms with E-state index in [9.17, 15) is 33.7 Å². The summed E-state index contributed by atoms with van der Waals surface area (Å²) in [7, 11) is -15.5. The Labute approximate surface area is 193 Å². The fourth-order valence-electron chi connectivity index (χ4n) is 0.595. The molecule has 0 aliphatic heterocycles. The molecule has 0 aromatic carbocycles. The molecular formula is C9H18I3O10S4-.